The maximum Gasteiger partial charge on any atom is 0.195 e. The molecule has 0 heterocycles. The molecule has 1 atom stereocenters. The van der Waals surface area contributed by atoms with Crippen molar-refractivity contribution in [1.82, 2.24) is 0 Å². The first kappa shape index (κ1) is 14.3. The van der Waals surface area contributed by atoms with E-state index in [-0.39, 0.29) is 11.3 Å². The normalized spacial score (nSPS) is 14.1. The highest BCUT2D eigenvalue weighted by Gasteiger charge is 2.07. The summed E-state index contributed by atoms with van der Waals surface area (Å²) in [6.45, 7) is 2.01. The van der Waals surface area contributed by atoms with Crippen LogP contribution in [-0.4, -0.2) is 11.1 Å². The average Bonchev–Trinajstić information content (AvgIpc) is 2.48. The molecular formula is C16H16ClN3. The number of aliphatic imine (C=N–C) groups is 2. The minimum absolute atomic E-state index is 0.0205. The lowest BCUT2D eigenvalue weighted by Crippen LogP contribution is -2.09. The van der Waals surface area contributed by atoms with Gasteiger partial charge in [-0.05, 0) is 24.1 Å². The van der Waals surface area contributed by atoms with Gasteiger partial charge in [-0.1, -0.05) is 60.7 Å². The van der Waals surface area contributed by atoms with Crippen molar-refractivity contribution in [2.24, 2.45) is 15.7 Å². The Balaban J connectivity index is 2.37. The predicted molar refractivity (Wildman–Crippen MR) is 85.3 cm³/mol. The van der Waals surface area contributed by atoms with Crippen LogP contribution < -0.4 is 5.73 Å². The van der Waals surface area contributed by atoms with Crippen LogP contribution in [0.5, 0.6) is 0 Å². The van der Waals surface area contributed by atoms with Crippen molar-refractivity contribution in [1.29, 1.82) is 0 Å². The molecule has 2 aromatic carbocycles. The lowest BCUT2D eigenvalue weighted by atomic mass is 10.1. The second-order valence-electron chi connectivity index (χ2n) is 4.34. The Kier molecular flexibility index (Phi) is 4.91. The number of halogens is 1. The van der Waals surface area contributed by atoms with Crippen LogP contribution in [0.3, 0.4) is 0 Å². The molecule has 0 amide bonds. The minimum atomic E-state index is -0.0221. The van der Waals surface area contributed by atoms with E-state index in [2.05, 4.69) is 9.98 Å². The molecule has 102 valence electrons. The van der Waals surface area contributed by atoms with Gasteiger partial charge in [0.25, 0.3) is 0 Å². The highest BCUT2D eigenvalue weighted by molar-refractivity contribution is 6.65. The molecule has 0 fully saturated rings. The van der Waals surface area contributed by atoms with E-state index < -0.39 is 0 Å². The molecule has 2 aromatic rings. The third kappa shape index (κ3) is 3.93. The Labute approximate surface area is 123 Å². The van der Waals surface area contributed by atoms with Gasteiger partial charge < -0.3 is 5.73 Å². The van der Waals surface area contributed by atoms with Crippen LogP contribution >= 0.6 is 11.6 Å². The number of hydrogen-bond donors (Lipinski definition) is 1. The van der Waals surface area contributed by atoms with Crippen LogP contribution in [-0.2, 0) is 0 Å². The van der Waals surface area contributed by atoms with Gasteiger partial charge in [-0.2, -0.15) is 0 Å². The third-order valence-corrected chi connectivity index (χ3v) is 2.93. The fourth-order valence-electron chi connectivity index (χ4n) is 1.85. The van der Waals surface area contributed by atoms with Crippen molar-refractivity contribution in [2.75, 3.05) is 0 Å². The van der Waals surface area contributed by atoms with E-state index in [0.29, 0.717) is 5.84 Å². The molecular weight excluding hydrogens is 270 g/mol. The SMILES string of the molecule is CC(N=C(N=C(N)Cl)c1ccccc1)c1ccccc1. The van der Waals surface area contributed by atoms with Crippen molar-refractivity contribution in [3.8, 4) is 0 Å². The molecule has 0 bridgehead atoms. The molecule has 0 aliphatic rings. The summed E-state index contributed by atoms with van der Waals surface area (Å²) in [5.74, 6) is 0.537. The first-order valence-corrected chi connectivity index (χ1v) is 6.72. The number of hydrogen-bond acceptors (Lipinski definition) is 1. The molecule has 0 aliphatic heterocycles. The van der Waals surface area contributed by atoms with Gasteiger partial charge in [-0.25, -0.2) is 4.99 Å². The van der Waals surface area contributed by atoms with E-state index in [4.69, 9.17) is 17.3 Å². The van der Waals surface area contributed by atoms with Crippen LogP contribution in [0.1, 0.15) is 24.1 Å². The second kappa shape index (κ2) is 6.87. The Morgan fingerprint density at radius 1 is 1.00 bits per heavy atom. The lowest BCUT2D eigenvalue weighted by Gasteiger charge is -2.09. The van der Waals surface area contributed by atoms with E-state index in [1.807, 2.05) is 67.6 Å². The molecule has 4 heteroatoms. The molecule has 2 rings (SSSR count). The fraction of sp³-hybridized carbons (Fsp3) is 0.125. The molecule has 2 N–H and O–H groups in total. The Morgan fingerprint density at radius 2 is 1.55 bits per heavy atom. The van der Waals surface area contributed by atoms with Crippen LogP contribution in [0.4, 0.5) is 0 Å². The van der Waals surface area contributed by atoms with Gasteiger partial charge in [-0.15, -0.1) is 0 Å². The summed E-state index contributed by atoms with van der Waals surface area (Å²) in [6, 6.07) is 19.7. The number of nitrogens with zero attached hydrogens (tertiary/aromatic N) is 2. The summed E-state index contributed by atoms with van der Waals surface area (Å²) < 4.78 is 0. The van der Waals surface area contributed by atoms with Crippen molar-refractivity contribution >= 4 is 22.7 Å². The summed E-state index contributed by atoms with van der Waals surface area (Å²) in [6.07, 6.45) is 0. The summed E-state index contributed by atoms with van der Waals surface area (Å²) in [5, 5.41) is -0.0205. The van der Waals surface area contributed by atoms with Gasteiger partial charge in [0.2, 0.25) is 0 Å². The quantitative estimate of drug-likeness (QED) is 0.521. The summed E-state index contributed by atoms with van der Waals surface area (Å²) >= 11 is 5.70. The Bertz CT molecular complexity index is 602. The van der Waals surface area contributed by atoms with Crippen LogP contribution in [0, 0.1) is 0 Å². The predicted octanol–water partition coefficient (Wildman–Crippen LogP) is 3.75. The maximum atomic E-state index is 5.70. The average molecular weight is 286 g/mol. The smallest absolute Gasteiger partial charge is 0.195 e. The highest BCUT2D eigenvalue weighted by atomic mass is 35.5. The fourth-order valence-corrected chi connectivity index (χ4v) is 1.93. The first-order chi connectivity index (χ1) is 9.66. The van der Waals surface area contributed by atoms with E-state index >= 15 is 0 Å². The van der Waals surface area contributed by atoms with Crippen LogP contribution in [0.15, 0.2) is 70.6 Å². The molecule has 0 aliphatic carbocycles. The van der Waals surface area contributed by atoms with Crippen molar-refractivity contribution in [3.63, 3.8) is 0 Å². The molecule has 1 unspecified atom stereocenters. The lowest BCUT2D eigenvalue weighted by molar-refractivity contribution is 0.818. The zero-order chi connectivity index (χ0) is 14.4. The van der Waals surface area contributed by atoms with Gasteiger partial charge in [0.1, 0.15) is 0 Å². The molecule has 0 saturated heterocycles. The van der Waals surface area contributed by atoms with Crippen LogP contribution in [0.25, 0.3) is 0 Å². The zero-order valence-electron chi connectivity index (χ0n) is 11.2. The molecule has 3 nitrogen and oxygen atoms in total. The van der Waals surface area contributed by atoms with Crippen molar-refractivity contribution in [2.45, 2.75) is 13.0 Å². The standard InChI is InChI=1S/C16H16ClN3/c1-12(13-8-4-2-5-9-13)19-15(20-16(17)18)14-10-6-3-7-11-14/h2-12H,1H3,(H2,18,19,20). The summed E-state index contributed by atoms with van der Waals surface area (Å²) in [4.78, 5) is 8.74. The molecule has 0 saturated carbocycles. The second-order valence-corrected chi connectivity index (χ2v) is 4.73. The molecule has 0 aromatic heterocycles. The topological polar surface area (TPSA) is 50.7 Å². The number of nitrogens with two attached hydrogens (primary N) is 1. The summed E-state index contributed by atoms with van der Waals surface area (Å²) in [7, 11) is 0. The van der Waals surface area contributed by atoms with E-state index in [1.54, 1.807) is 0 Å². The first-order valence-electron chi connectivity index (χ1n) is 6.34. The van der Waals surface area contributed by atoms with E-state index in [9.17, 15) is 0 Å². The van der Waals surface area contributed by atoms with Gasteiger partial charge in [-0.3, -0.25) is 4.99 Å². The number of rotatable bonds is 3. The maximum absolute atomic E-state index is 5.70. The molecule has 0 spiro atoms. The monoisotopic (exact) mass is 285 g/mol. The summed E-state index contributed by atoms with van der Waals surface area (Å²) in [5.41, 5.74) is 7.48. The molecule has 0 radical (unpaired) electrons. The highest BCUT2D eigenvalue weighted by Crippen LogP contribution is 2.18. The van der Waals surface area contributed by atoms with Gasteiger partial charge in [0.15, 0.2) is 11.1 Å². The van der Waals surface area contributed by atoms with Crippen molar-refractivity contribution in [3.05, 3.63) is 71.8 Å². The van der Waals surface area contributed by atoms with Gasteiger partial charge in [0, 0.05) is 5.56 Å². The van der Waals surface area contributed by atoms with Crippen molar-refractivity contribution < 1.29 is 0 Å². The molecule has 20 heavy (non-hydrogen) atoms. The minimum Gasteiger partial charge on any atom is -0.374 e. The van der Waals surface area contributed by atoms with Gasteiger partial charge >= 0.3 is 0 Å². The van der Waals surface area contributed by atoms with Gasteiger partial charge in [0.05, 0.1) is 6.04 Å². The van der Waals surface area contributed by atoms with E-state index in [1.165, 1.54) is 0 Å². The van der Waals surface area contributed by atoms with E-state index in [0.717, 1.165) is 11.1 Å². The third-order valence-electron chi connectivity index (χ3n) is 2.84. The Morgan fingerprint density at radius 3 is 2.10 bits per heavy atom. The Hall–Kier alpha value is -2.13. The number of amidine groups is 2. The number of benzene rings is 2. The van der Waals surface area contributed by atoms with Crippen LogP contribution in [0.2, 0.25) is 0 Å². The zero-order valence-corrected chi connectivity index (χ0v) is 12.0. The largest absolute Gasteiger partial charge is 0.374 e.